The molecule has 2 N–H and O–H groups in total. The molecule has 0 aliphatic heterocycles. The number of hydrogen-bond acceptors (Lipinski definition) is 4. The lowest BCUT2D eigenvalue weighted by Gasteiger charge is -2.22. The van der Waals surface area contributed by atoms with E-state index in [1.165, 1.54) is 23.5 Å². The molecule has 0 heterocycles. The number of carbonyl (C=O) groups is 2. The number of para-hydroxylation sites is 1. The van der Waals surface area contributed by atoms with Crippen molar-refractivity contribution in [2.75, 3.05) is 16.7 Å². The Morgan fingerprint density at radius 3 is 2.12 bits per heavy atom. The van der Waals surface area contributed by atoms with E-state index in [4.69, 9.17) is 0 Å². The SMILES string of the molecule is CC(C)C(NC(=O)Cc1ccccc1)C(=O)Nc1cccc(S(=O)(=O)N(C)c2ccccc2)c1. The van der Waals surface area contributed by atoms with Gasteiger partial charge in [-0.3, -0.25) is 13.9 Å². The minimum Gasteiger partial charge on any atom is -0.344 e. The second-order valence-electron chi connectivity index (χ2n) is 8.28. The van der Waals surface area contributed by atoms with Gasteiger partial charge in [-0.05, 0) is 41.8 Å². The third-order valence-corrected chi connectivity index (χ3v) is 7.13. The molecule has 0 spiro atoms. The number of nitrogens with one attached hydrogen (secondary N) is 2. The summed E-state index contributed by atoms with van der Waals surface area (Å²) in [6.45, 7) is 3.67. The highest BCUT2D eigenvalue weighted by atomic mass is 32.2. The van der Waals surface area contributed by atoms with E-state index in [0.717, 1.165) is 5.56 Å². The molecule has 178 valence electrons. The van der Waals surface area contributed by atoms with Crippen LogP contribution in [0.5, 0.6) is 0 Å². The van der Waals surface area contributed by atoms with Gasteiger partial charge >= 0.3 is 0 Å². The van der Waals surface area contributed by atoms with Gasteiger partial charge in [-0.25, -0.2) is 8.42 Å². The standard InChI is InChI=1S/C26H29N3O4S/c1-19(2)25(28-24(30)17-20-11-6-4-7-12-20)26(31)27-21-13-10-16-23(18-21)34(32,33)29(3)22-14-8-5-9-15-22/h4-16,18-19,25H,17H2,1-3H3,(H,27,31)(H,28,30). The van der Waals surface area contributed by atoms with Gasteiger partial charge in [0.15, 0.2) is 0 Å². The van der Waals surface area contributed by atoms with E-state index in [-0.39, 0.29) is 23.1 Å². The highest BCUT2D eigenvalue weighted by Crippen LogP contribution is 2.24. The fourth-order valence-corrected chi connectivity index (χ4v) is 4.67. The second kappa shape index (κ2) is 11.0. The normalized spacial score (nSPS) is 12.1. The van der Waals surface area contributed by atoms with Crippen molar-refractivity contribution >= 4 is 33.2 Å². The third-order valence-electron chi connectivity index (χ3n) is 5.35. The van der Waals surface area contributed by atoms with E-state index in [2.05, 4.69) is 10.6 Å². The van der Waals surface area contributed by atoms with Crippen LogP contribution < -0.4 is 14.9 Å². The van der Waals surface area contributed by atoms with Gasteiger partial charge in [0.05, 0.1) is 17.0 Å². The molecule has 1 atom stereocenters. The van der Waals surface area contributed by atoms with Crippen molar-refractivity contribution in [3.05, 3.63) is 90.5 Å². The van der Waals surface area contributed by atoms with Crippen molar-refractivity contribution in [1.29, 1.82) is 0 Å². The first kappa shape index (κ1) is 25.0. The Hall–Kier alpha value is -3.65. The molecule has 0 aliphatic carbocycles. The number of anilines is 2. The van der Waals surface area contributed by atoms with Crippen LogP contribution in [-0.2, 0) is 26.0 Å². The number of benzene rings is 3. The lowest BCUT2D eigenvalue weighted by Crippen LogP contribution is -2.47. The lowest BCUT2D eigenvalue weighted by molar-refractivity contribution is -0.127. The molecular formula is C26H29N3O4S. The number of amides is 2. The van der Waals surface area contributed by atoms with Gasteiger partial charge in [-0.1, -0.05) is 68.4 Å². The van der Waals surface area contributed by atoms with Crippen LogP contribution in [0.1, 0.15) is 19.4 Å². The Morgan fingerprint density at radius 1 is 0.882 bits per heavy atom. The Bertz CT molecular complexity index is 1230. The molecule has 1 unspecified atom stereocenters. The van der Waals surface area contributed by atoms with Crippen LogP contribution in [0.2, 0.25) is 0 Å². The van der Waals surface area contributed by atoms with Crippen LogP contribution in [0.3, 0.4) is 0 Å². The molecule has 8 heteroatoms. The highest BCUT2D eigenvalue weighted by molar-refractivity contribution is 7.92. The molecule has 7 nitrogen and oxygen atoms in total. The Balaban J connectivity index is 1.73. The van der Waals surface area contributed by atoms with E-state index in [9.17, 15) is 18.0 Å². The highest BCUT2D eigenvalue weighted by Gasteiger charge is 2.26. The summed E-state index contributed by atoms with van der Waals surface area (Å²) in [7, 11) is -2.35. The Morgan fingerprint density at radius 2 is 1.50 bits per heavy atom. The summed E-state index contributed by atoms with van der Waals surface area (Å²) >= 11 is 0. The van der Waals surface area contributed by atoms with Crippen molar-refractivity contribution in [1.82, 2.24) is 5.32 Å². The summed E-state index contributed by atoms with van der Waals surface area (Å²) in [6.07, 6.45) is 0.164. The van der Waals surface area contributed by atoms with Gasteiger partial charge in [-0.2, -0.15) is 0 Å². The van der Waals surface area contributed by atoms with E-state index < -0.39 is 22.0 Å². The van der Waals surface area contributed by atoms with Crippen molar-refractivity contribution in [2.24, 2.45) is 5.92 Å². The second-order valence-corrected chi connectivity index (χ2v) is 10.2. The smallest absolute Gasteiger partial charge is 0.264 e. The summed E-state index contributed by atoms with van der Waals surface area (Å²) in [4.78, 5) is 25.5. The van der Waals surface area contributed by atoms with E-state index >= 15 is 0 Å². The van der Waals surface area contributed by atoms with E-state index in [1.807, 2.05) is 50.2 Å². The molecule has 0 saturated heterocycles. The number of nitrogens with zero attached hydrogens (tertiary/aromatic N) is 1. The fraction of sp³-hybridized carbons (Fsp3) is 0.231. The zero-order chi connectivity index (χ0) is 24.7. The number of hydrogen-bond donors (Lipinski definition) is 2. The monoisotopic (exact) mass is 479 g/mol. The Labute approximate surface area is 200 Å². The summed E-state index contributed by atoms with van der Waals surface area (Å²) in [5.74, 6) is -0.848. The molecule has 2 amide bonds. The van der Waals surface area contributed by atoms with Gasteiger partial charge in [0.25, 0.3) is 10.0 Å². The number of sulfonamides is 1. The average Bonchev–Trinajstić information content (AvgIpc) is 2.83. The first-order chi connectivity index (χ1) is 16.2. The first-order valence-corrected chi connectivity index (χ1v) is 12.4. The summed E-state index contributed by atoms with van der Waals surface area (Å²) < 4.78 is 27.4. The van der Waals surface area contributed by atoms with Gasteiger partial charge in [-0.15, -0.1) is 0 Å². The maximum Gasteiger partial charge on any atom is 0.264 e. The molecule has 0 fully saturated rings. The summed E-state index contributed by atoms with van der Waals surface area (Å²) in [5, 5.41) is 5.54. The van der Waals surface area contributed by atoms with Crippen LogP contribution in [0.4, 0.5) is 11.4 Å². The average molecular weight is 480 g/mol. The zero-order valence-electron chi connectivity index (χ0n) is 19.4. The molecule has 3 rings (SSSR count). The van der Waals surface area contributed by atoms with Crippen LogP contribution in [0.25, 0.3) is 0 Å². The predicted octanol–water partition coefficient (Wildman–Crippen LogP) is 3.83. The van der Waals surface area contributed by atoms with Crippen molar-refractivity contribution < 1.29 is 18.0 Å². The van der Waals surface area contributed by atoms with E-state index in [1.54, 1.807) is 36.4 Å². The van der Waals surface area contributed by atoms with Crippen molar-refractivity contribution in [2.45, 2.75) is 31.2 Å². The molecule has 0 aliphatic rings. The number of carbonyl (C=O) groups excluding carboxylic acids is 2. The number of rotatable bonds is 9. The minimum absolute atomic E-state index is 0.0471. The van der Waals surface area contributed by atoms with Gasteiger partial charge < -0.3 is 10.6 Å². The minimum atomic E-state index is -3.83. The molecule has 0 saturated carbocycles. The summed E-state index contributed by atoms with van der Waals surface area (Å²) in [6, 6.07) is 23.3. The molecular weight excluding hydrogens is 450 g/mol. The largest absolute Gasteiger partial charge is 0.344 e. The van der Waals surface area contributed by atoms with Gasteiger partial charge in [0.2, 0.25) is 11.8 Å². The topological polar surface area (TPSA) is 95.6 Å². The maximum absolute atomic E-state index is 13.1. The molecule has 3 aromatic carbocycles. The predicted molar refractivity (Wildman–Crippen MR) is 134 cm³/mol. The van der Waals surface area contributed by atoms with Crippen molar-refractivity contribution in [3.8, 4) is 0 Å². The van der Waals surface area contributed by atoms with Crippen LogP contribution in [-0.4, -0.2) is 33.3 Å². The molecule has 0 bridgehead atoms. The summed E-state index contributed by atoms with van der Waals surface area (Å²) in [5.41, 5.74) is 1.71. The molecule has 0 radical (unpaired) electrons. The quantitative estimate of drug-likeness (QED) is 0.488. The zero-order valence-corrected chi connectivity index (χ0v) is 20.2. The van der Waals surface area contributed by atoms with Crippen LogP contribution in [0, 0.1) is 5.92 Å². The third kappa shape index (κ3) is 6.23. The van der Waals surface area contributed by atoms with Gasteiger partial charge in [0, 0.05) is 12.7 Å². The molecule has 34 heavy (non-hydrogen) atoms. The lowest BCUT2D eigenvalue weighted by atomic mass is 10.0. The molecule has 0 aromatic heterocycles. The Kier molecular flexibility index (Phi) is 8.07. The molecule has 3 aromatic rings. The van der Waals surface area contributed by atoms with Crippen LogP contribution >= 0.6 is 0 Å². The fourth-order valence-electron chi connectivity index (χ4n) is 3.43. The first-order valence-electron chi connectivity index (χ1n) is 11.0. The van der Waals surface area contributed by atoms with Crippen molar-refractivity contribution in [3.63, 3.8) is 0 Å². The van der Waals surface area contributed by atoms with Crippen LogP contribution in [0.15, 0.2) is 89.8 Å². The maximum atomic E-state index is 13.1. The van der Waals surface area contributed by atoms with Gasteiger partial charge in [0.1, 0.15) is 6.04 Å². The van der Waals surface area contributed by atoms with E-state index in [0.29, 0.717) is 11.4 Å².